The molecule has 0 radical (unpaired) electrons. The van der Waals surface area contributed by atoms with Gasteiger partial charge < -0.3 is 10.1 Å². The largest absolute Gasteiger partial charge is 1.00 e. The summed E-state index contributed by atoms with van der Waals surface area (Å²) in [4.78, 5) is 10.7. The van der Waals surface area contributed by atoms with Crippen molar-refractivity contribution < 1.29 is 56.2 Å². The van der Waals surface area contributed by atoms with E-state index in [-0.39, 0.29) is 63.2 Å². The van der Waals surface area contributed by atoms with Gasteiger partial charge >= 0.3 is 51.4 Å². The number of rotatable bonds is 1. The third-order valence-electron chi connectivity index (χ3n) is 1.70. The van der Waals surface area contributed by atoms with E-state index in [4.69, 9.17) is 0 Å². The monoisotopic (exact) mass is 195 g/mol. The van der Waals surface area contributed by atoms with Gasteiger partial charge in [0.25, 0.3) is 0 Å². The molecule has 0 bridgehead atoms. The van der Waals surface area contributed by atoms with E-state index in [0.717, 1.165) is 13.0 Å². The summed E-state index contributed by atoms with van der Waals surface area (Å²) in [5.41, 5.74) is 0. The molecule has 1 atom stereocenters. The Balaban J connectivity index is 0. The first-order valence-corrected chi connectivity index (χ1v) is 4.48. The SMILES string of the molecule is CC.CC(=O)C1CCCC[N-]1.[K+]. The Morgan fingerprint density at radius 1 is 1.33 bits per heavy atom. The quantitative estimate of drug-likeness (QED) is 0.521. The van der Waals surface area contributed by atoms with Crippen molar-refractivity contribution in [3.05, 3.63) is 5.32 Å². The second kappa shape index (κ2) is 10.3. The Bertz CT molecular complexity index is 111. The predicted molar refractivity (Wildman–Crippen MR) is 47.9 cm³/mol. The molecule has 0 spiro atoms. The predicted octanol–water partition coefficient (Wildman–Crippen LogP) is -0.468. The molecule has 1 rings (SSSR count). The summed E-state index contributed by atoms with van der Waals surface area (Å²) in [5, 5.41) is 4.18. The first kappa shape index (κ1) is 15.7. The average Bonchev–Trinajstić information content (AvgIpc) is 2.10. The van der Waals surface area contributed by atoms with Crippen molar-refractivity contribution in [3.63, 3.8) is 0 Å². The zero-order valence-corrected chi connectivity index (χ0v) is 11.9. The van der Waals surface area contributed by atoms with Crippen LogP contribution in [-0.2, 0) is 4.79 Å². The van der Waals surface area contributed by atoms with Gasteiger partial charge in [-0.3, -0.25) is 0 Å². The van der Waals surface area contributed by atoms with E-state index in [1.807, 2.05) is 13.8 Å². The molecule has 0 saturated carbocycles. The summed E-state index contributed by atoms with van der Waals surface area (Å²) in [6, 6.07) is 0.0405. The van der Waals surface area contributed by atoms with Crippen LogP contribution in [-0.4, -0.2) is 18.4 Å². The molecule has 12 heavy (non-hydrogen) atoms. The van der Waals surface area contributed by atoms with Gasteiger partial charge in [-0.25, -0.2) is 0 Å². The number of Topliss-reactive ketones (excluding diaryl/α,β-unsaturated/α-hetero) is 1. The van der Waals surface area contributed by atoms with Gasteiger partial charge in [0.1, 0.15) is 5.78 Å². The second-order valence-electron chi connectivity index (χ2n) is 2.53. The molecule has 0 aromatic carbocycles. The van der Waals surface area contributed by atoms with Crippen molar-refractivity contribution in [3.8, 4) is 0 Å². The second-order valence-corrected chi connectivity index (χ2v) is 2.53. The molecule has 0 aromatic rings. The molecule has 1 saturated heterocycles. The molecular formula is C9H18KNO. The van der Waals surface area contributed by atoms with Crippen LogP contribution in [0.1, 0.15) is 40.0 Å². The minimum absolute atomic E-state index is 0. The third-order valence-corrected chi connectivity index (χ3v) is 1.70. The van der Waals surface area contributed by atoms with Gasteiger partial charge in [-0.1, -0.05) is 39.2 Å². The van der Waals surface area contributed by atoms with Crippen molar-refractivity contribution in [1.29, 1.82) is 0 Å². The topological polar surface area (TPSA) is 31.2 Å². The molecule has 1 unspecified atom stereocenters. The summed E-state index contributed by atoms with van der Waals surface area (Å²) in [5.74, 6) is 0.231. The normalized spacial score (nSPS) is 21.4. The van der Waals surface area contributed by atoms with E-state index in [1.165, 1.54) is 12.8 Å². The van der Waals surface area contributed by atoms with Crippen molar-refractivity contribution in [2.24, 2.45) is 0 Å². The van der Waals surface area contributed by atoms with Crippen molar-refractivity contribution >= 4 is 5.78 Å². The minimum atomic E-state index is 0. The van der Waals surface area contributed by atoms with Crippen LogP contribution in [0.3, 0.4) is 0 Å². The summed E-state index contributed by atoms with van der Waals surface area (Å²) in [7, 11) is 0. The van der Waals surface area contributed by atoms with E-state index < -0.39 is 0 Å². The fraction of sp³-hybridized carbons (Fsp3) is 0.889. The van der Waals surface area contributed by atoms with Crippen LogP contribution in [0.25, 0.3) is 5.32 Å². The molecule has 0 amide bonds. The van der Waals surface area contributed by atoms with Crippen LogP contribution >= 0.6 is 0 Å². The maximum atomic E-state index is 10.7. The van der Waals surface area contributed by atoms with Gasteiger partial charge in [-0.05, 0) is 6.92 Å². The first-order chi connectivity index (χ1) is 5.30. The van der Waals surface area contributed by atoms with Crippen LogP contribution in [0.2, 0.25) is 0 Å². The minimum Gasteiger partial charge on any atom is -0.653 e. The van der Waals surface area contributed by atoms with Gasteiger partial charge in [0.15, 0.2) is 0 Å². The summed E-state index contributed by atoms with van der Waals surface area (Å²) in [6.07, 6.45) is 3.33. The molecule has 0 N–H and O–H groups in total. The summed E-state index contributed by atoms with van der Waals surface area (Å²) >= 11 is 0. The summed E-state index contributed by atoms with van der Waals surface area (Å²) < 4.78 is 0. The Kier molecular flexibility index (Phi) is 13.6. The van der Waals surface area contributed by atoms with Crippen LogP contribution in [0.5, 0.6) is 0 Å². The number of carbonyl (C=O) groups excluding carboxylic acids is 1. The number of hydrogen-bond acceptors (Lipinski definition) is 1. The number of nitrogens with zero attached hydrogens (tertiary/aromatic N) is 1. The molecule has 3 heteroatoms. The standard InChI is InChI=1S/C7H12NO.C2H6.K/c1-6(9)7-4-2-3-5-8-7;1-2;/h7H,2-5H2,1H3;1-2H3;/q-1;;+1. The number of piperidine rings is 1. The molecule has 0 aliphatic carbocycles. The van der Waals surface area contributed by atoms with Gasteiger partial charge in [0, 0.05) is 0 Å². The Morgan fingerprint density at radius 3 is 2.17 bits per heavy atom. The van der Waals surface area contributed by atoms with Crippen LogP contribution in [0, 0.1) is 0 Å². The number of ketones is 1. The summed E-state index contributed by atoms with van der Waals surface area (Å²) in [6.45, 7) is 6.52. The van der Waals surface area contributed by atoms with Gasteiger partial charge in [-0.15, -0.1) is 6.54 Å². The van der Waals surface area contributed by atoms with E-state index in [2.05, 4.69) is 5.32 Å². The Labute approximate surface area is 118 Å². The van der Waals surface area contributed by atoms with Crippen LogP contribution < -0.4 is 51.4 Å². The van der Waals surface area contributed by atoms with Gasteiger partial charge in [0.05, 0.1) is 0 Å². The third kappa shape index (κ3) is 6.75. The fourth-order valence-electron chi connectivity index (χ4n) is 1.12. The van der Waals surface area contributed by atoms with Crippen molar-refractivity contribution in [1.82, 2.24) is 0 Å². The van der Waals surface area contributed by atoms with Crippen LogP contribution in [0.15, 0.2) is 0 Å². The number of carbonyl (C=O) groups is 1. The smallest absolute Gasteiger partial charge is 0.653 e. The molecule has 1 aliphatic rings. The fourth-order valence-corrected chi connectivity index (χ4v) is 1.12. The van der Waals surface area contributed by atoms with Crippen LogP contribution in [0.4, 0.5) is 0 Å². The molecule has 0 aromatic heterocycles. The van der Waals surface area contributed by atoms with Gasteiger partial charge in [-0.2, -0.15) is 0 Å². The average molecular weight is 195 g/mol. The zero-order valence-electron chi connectivity index (χ0n) is 8.76. The molecular weight excluding hydrogens is 177 g/mol. The maximum Gasteiger partial charge on any atom is 1.00 e. The van der Waals surface area contributed by atoms with E-state index in [1.54, 1.807) is 6.92 Å². The van der Waals surface area contributed by atoms with E-state index in [0.29, 0.717) is 0 Å². The Hall–Kier alpha value is 1.27. The van der Waals surface area contributed by atoms with Crippen molar-refractivity contribution in [2.75, 3.05) is 6.54 Å². The van der Waals surface area contributed by atoms with Crippen molar-refractivity contribution in [2.45, 2.75) is 46.1 Å². The molecule has 1 fully saturated rings. The first-order valence-electron chi connectivity index (χ1n) is 4.48. The molecule has 66 valence electrons. The molecule has 1 heterocycles. The maximum absolute atomic E-state index is 10.7. The zero-order chi connectivity index (χ0) is 8.69. The van der Waals surface area contributed by atoms with Gasteiger partial charge in [0.2, 0.25) is 0 Å². The Morgan fingerprint density at radius 2 is 1.92 bits per heavy atom. The van der Waals surface area contributed by atoms with E-state index >= 15 is 0 Å². The number of hydrogen-bond donors (Lipinski definition) is 0. The van der Waals surface area contributed by atoms with E-state index in [9.17, 15) is 4.79 Å². The molecule has 2 nitrogen and oxygen atoms in total. The molecule has 1 aliphatic heterocycles.